The molecule has 1 fully saturated rings. The van der Waals surface area contributed by atoms with Crippen LogP contribution in [0.4, 0.5) is 0 Å². The molecule has 1 heterocycles. The highest BCUT2D eigenvalue weighted by Crippen LogP contribution is 2.53. The van der Waals surface area contributed by atoms with E-state index >= 15 is 0 Å². The molecule has 1 aliphatic heterocycles. The zero-order chi connectivity index (χ0) is 12.8. The Hall–Kier alpha value is -0.980. The summed E-state index contributed by atoms with van der Waals surface area (Å²) in [6.45, 7) is 7.83. The molecule has 0 unspecified atom stereocenters. The number of fused-ring (bicyclic) bond motifs is 2. The van der Waals surface area contributed by atoms with Crippen molar-refractivity contribution >= 4 is 0 Å². The SMILES string of the molecule is CCC(C)(C)c1cccc2c1OCCC21CCC1. The Morgan fingerprint density at radius 1 is 1.22 bits per heavy atom. The van der Waals surface area contributed by atoms with E-state index in [4.69, 9.17) is 4.74 Å². The van der Waals surface area contributed by atoms with Crippen LogP contribution >= 0.6 is 0 Å². The quantitative estimate of drug-likeness (QED) is 0.740. The first-order valence-electron chi connectivity index (χ1n) is 7.36. The van der Waals surface area contributed by atoms with Crippen LogP contribution in [0.1, 0.15) is 64.0 Å². The minimum atomic E-state index is 0.216. The van der Waals surface area contributed by atoms with Gasteiger partial charge in [-0.2, -0.15) is 0 Å². The van der Waals surface area contributed by atoms with Crippen molar-refractivity contribution in [2.24, 2.45) is 0 Å². The number of hydrogen-bond acceptors (Lipinski definition) is 1. The summed E-state index contributed by atoms with van der Waals surface area (Å²) in [6, 6.07) is 6.81. The Kier molecular flexibility index (Phi) is 2.69. The molecule has 3 rings (SSSR count). The Morgan fingerprint density at radius 3 is 2.61 bits per heavy atom. The van der Waals surface area contributed by atoms with Crippen LogP contribution in [0.2, 0.25) is 0 Å². The third-order valence-electron chi connectivity index (χ3n) is 5.34. The minimum absolute atomic E-state index is 0.216. The van der Waals surface area contributed by atoms with Gasteiger partial charge in [-0.3, -0.25) is 0 Å². The number of para-hydroxylation sites is 1. The van der Waals surface area contributed by atoms with Crippen LogP contribution in [0.3, 0.4) is 0 Å². The average Bonchev–Trinajstić information content (AvgIpc) is 2.35. The van der Waals surface area contributed by atoms with E-state index in [9.17, 15) is 0 Å². The first kappa shape index (κ1) is 12.1. The van der Waals surface area contributed by atoms with Crippen molar-refractivity contribution in [3.05, 3.63) is 29.3 Å². The van der Waals surface area contributed by atoms with E-state index in [1.165, 1.54) is 42.6 Å². The molecule has 1 aromatic rings. The van der Waals surface area contributed by atoms with Gasteiger partial charge in [0.05, 0.1) is 6.61 Å². The summed E-state index contributed by atoms with van der Waals surface area (Å²) in [4.78, 5) is 0. The first-order chi connectivity index (χ1) is 8.59. The fourth-order valence-electron chi connectivity index (χ4n) is 3.44. The molecular weight excluding hydrogens is 220 g/mol. The topological polar surface area (TPSA) is 9.23 Å². The lowest BCUT2D eigenvalue weighted by Crippen LogP contribution is -2.40. The molecule has 0 radical (unpaired) electrons. The van der Waals surface area contributed by atoms with Crippen LogP contribution < -0.4 is 4.74 Å². The molecule has 0 aromatic heterocycles. The number of benzene rings is 1. The van der Waals surface area contributed by atoms with Crippen LogP contribution in [0.15, 0.2) is 18.2 Å². The van der Waals surface area contributed by atoms with Gasteiger partial charge >= 0.3 is 0 Å². The van der Waals surface area contributed by atoms with Crippen LogP contribution in [-0.2, 0) is 10.8 Å². The van der Waals surface area contributed by atoms with Gasteiger partial charge in [0, 0.05) is 16.5 Å². The standard InChI is InChI=1S/C17H24O/c1-4-16(2,3)13-7-5-8-14-15(13)18-12-11-17(14)9-6-10-17/h5,7-8H,4,6,9-12H2,1-3H3. The molecule has 0 bridgehead atoms. The number of hydrogen-bond donors (Lipinski definition) is 0. The fraction of sp³-hybridized carbons (Fsp3) is 0.647. The van der Waals surface area contributed by atoms with E-state index < -0.39 is 0 Å². The van der Waals surface area contributed by atoms with Crippen molar-refractivity contribution in [3.8, 4) is 5.75 Å². The molecule has 98 valence electrons. The second-order valence-corrected chi connectivity index (χ2v) is 6.65. The lowest BCUT2D eigenvalue weighted by Gasteiger charge is -2.47. The third-order valence-corrected chi connectivity index (χ3v) is 5.34. The molecule has 0 N–H and O–H groups in total. The summed E-state index contributed by atoms with van der Waals surface area (Å²) in [5, 5.41) is 0. The van der Waals surface area contributed by atoms with Gasteiger partial charge in [0.1, 0.15) is 5.75 Å². The lowest BCUT2D eigenvalue weighted by molar-refractivity contribution is 0.140. The van der Waals surface area contributed by atoms with E-state index in [0.717, 1.165) is 13.0 Å². The Bertz CT molecular complexity index is 440. The van der Waals surface area contributed by atoms with Crippen molar-refractivity contribution in [2.45, 2.75) is 63.7 Å². The Balaban J connectivity index is 2.12. The van der Waals surface area contributed by atoms with E-state index in [0.29, 0.717) is 5.41 Å². The summed E-state index contributed by atoms with van der Waals surface area (Å²) >= 11 is 0. The van der Waals surface area contributed by atoms with Crippen molar-refractivity contribution in [1.82, 2.24) is 0 Å². The van der Waals surface area contributed by atoms with Gasteiger partial charge in [-0.25, -0.2) is 0 Å². The molecule has 0 amide bonds. The smallest absolute Gasteiger partial charge is 0.126 e. The normalized spacial score (nSPS) is 21.1. The van der Waals surface area contributed by atoms with Crippen LogP contribution in [-0.4, -0.2) is 6.61 Å². The number of rotatable bonds is 2. The maximum Gasteiger partial charge on any atom is 0.126 e. The molecule has 2 aliphatic rings. The van der Waals surface area contributed by atoms with E-state index in [-0.39, 0.29) is 5.41 Å². The zero-order valence-corrected chi connectivity index (χ0v) is 11.9. The van der Waals surface area contributed by atoms with Crippen molar-refractivity contribution in [2.75, 3.05) is 6.61 Å². The molecule has 1 heteroatoms. The number of ether oxygens (including phenoxy) is 1. The second-order valence-electron chi connectivity index (χ2n) is 6.65. The van der Waals surface area contributed by atoms with Crippen LogP contribution in [0.25, 0.3) is 0 Å². The zero-order valence-electron chi connectivity index (χ0n) is 11.9. The molecular formula is C17H24O. The molecule has 1 aliphatic carbocycles. The summed E-state index contributed by atoms with van der Waals surface area (Å²) in [5.74, 6) is 1.22. The van der Waals surface area contributed by atoms with Crippen molar-refractivity contribution < 1.29 is 4.74 Å². The summed E-state index contributed by atoms with van der Waals surface area (Å²) < 4.78 is 6.07. The molecule has 18 heavy (non-hydrogen) atoms. The second kappa shape index (κ2) is 4.01. The maximum atomic E-state index is 6.07. The molecule has 1 saturated carbocycles. The summed E-state index contributed by atoms with van der Waals surface area (Å²) in [7, 11) is 0. The lowest BCUT2D eigenvalue weighted by atomic mass is 9.61. The largest absolute Gasteiger partial charge is 0.493 e. The highest BCUT2D eigenvalue weighted by atomic mass is 16.5. The molecule has 1 aromatic carbocycles. The highest BCUT2D eigenvalue weighted by molar-refractivity contribution is 5.51. The first-order valence-corrected chi connectivity index (χ1v) is 7.36. The van der Waals surface area contributed by atoms with Gasteiger partial charge in [0.2, 0.25) is 0 Å². The predicted molar refractivity (Wildman–Crippen MR) is 75.4 cm³/mol. The van der Waals surface area contributed by atoms with Crippen LogP contribution in [0.5, 0.6) is 5.75 Å². The third kappa shape index (κ3) is 1.60. The molecule has 0 saturated heterocycles. The fourth-order valence-corrected chi connectivity index (χ4v) is 3.44. The maximum absolute atomic E-state index is 6.07. The summed E-state index contributed by atoms with van der Waals surface area (Å²) in [6.07, 6.45) is 6.48. The van der Waals surface area contributed by atoms with Gasteiger partial charge in [-0.05, 0) is 31.1 Å². The van der Waals surface area contributed by atoms with Crippen molar-refractivity contribution in [1.29, 1.82) is 0 Å². The van der Waals surface area contributed by atoms with Gasteiger partial charge in [0.25, 0.3) is 0 Å². The molecule has 1 nitrogen and oxygen atoms in total. The monoisotopic (exact) mass is 244 g/mol. The molecule has 1 spiro atoms. The van der Waals surface area contributed by atoms with Gasteiger partial charge in [0.15, 0.2) is 0 Å². The Labute approximate surface area is 111 Å². The predicted octanol–water partition coefficient (Wildman–Crippen LogP) is 4.58. The average molecular weight is 244 g/mol. The van der Waals surface area contributed by atoms with E-state index in [2.05, 4.69) is 39.0 Å². The highest BCUT2D eigenvalue weighted by Gasteiger charge is 2.44. The van der Waals surface area contributed by atoms with Crippen LogP contribution in [0, 0.1) is 0 Å². The van der Waals surface area contributed by atoms with E-state index in [1.807, 2.05) is 0 Å². The van der Waals surface area contributed by atoms with E-state index in [1.54, 1.807) is 0 Å². The van der Waals surface area contributed by atoms with Gasteiger partial charge in [-0.1, -0.05) is 45.4 Å². The van der Waals surface area contributed by atoms with Gasteiger partial charge in [-0.15, -0.1) is 0 Å². The van der Waals surface area contributed by atoms with Crippen molar-refractivity contribution in [3.63, 3.8) is 0 Å². The van der Waals surface area contributed by atoms with Gasteiger partial charge < -0.3 is 4.74 Å². The Morgan fingerprint density at radius 2 is 2.00 bits per heavy atom. The molecule has 0 atom stereocenters. The minimum Gasteiger partial charge on any atom is -0.493 e. The summed E-state index contributed by atoms with van der Waals surface area (Å²) in [5.41, 5.74) is 3.59.